The molecule has 156 valence electrons. The fraction of sp³-hybridized carbons (Fsp3) is 0.0909. The van der Waals surface area contributed by atoms with E-state index < -0.39 is 10.8 Å². The quantitative estimate of drug-likeness (QED) is 0.237. The van der Waals surface area contributed by atoms with Crippen LogP contribution in [0.2, 0.25) is 0 Å². The average Bonchev–Trinajstić information content (AvgIpc) is 3.30. The zero-order chi connectivity index (χ0) is 22.1. The molecule has 0 unspecified atom stereocenters. The monoisotopic (exact) mass is 498 g/mol. The Kier molecular flexibility index (Phi) is 5.79. The smallest absolute Gasteiger partial charge is 0.293 e. The minimum absolute atomic E-state index is 0.0354. The van der Waals surface area contributed by atoms with Crippen molar-refractivity contribution in [1.82, 2.24) is 4.90 Å². The number of amides is 2. The molecular weight excluding hydrogens is 484 g/mol. The Morgan fingerprint density at radius 2 is 1.94 bits per heavy atom. The number of thioether (sulfide) groups is 1. The molecule has 1 aliphatic rings. The highest BCUT2D eigenvalue weighted by Gasteiger charge is 2.35. The van der Waals surface area contributed by atoms with Crippen molar-refractivity contribution in [3.8, 4) is 11.3 Å². The van der Waals surface area contributed by atoms with Crippen LogP contribution < -0.4 is 0 Å². The number of nitrogens with zero attached hydrogens (tertiary/aromatic N) is 2. The lowest BCUT2D eigenvalue weighted by molar-refractivity contribution is -0.384. The third-order valence-electron chi connectivity index (χ3n) is 4.76. The van der Waals surface area contributed by atoms with Crippen molar-refractivity contribution < 1.29 is 18.9 Å². The van der Waals surface area contributed by atoms with E-state index in [2.05, 4.69) is 15.9 Å². The summed E-state index contributed by atoms with van der Waals surface area (Å²) in [5, 5.41) is 10.7. The van der Waals surface area contributed by atoms with Crippen LogP contribution in [0.15, 0.2) is 68.4 Å². The van der Waals surface area contributed by atoms with E-state index in [9.17, 15) is 19.7 Å². The standard InChI is InChI=1S/C22H15BrN2O5S/c1-13-6-7-15(25(28)29)10-17(13)19-9-8-16(30-19)11-20-21(26)24(22(27)31-20)12-14-4-2-3-5-18(14)23/h2-11H,12H2,1H3/b20-11-. The van der Waals surface area contributed by atoms with Gasteiger partial charge in [0.05, 0.1) is 16.4 Å². The summed E-state index contributed by atoms with van der Waals surface area (Å²) < 4.78 is 6.62. The first-order valence-electron chi connectivity index (χ1n) is 9.17. The lowest BCUT2D eigenvalue weighted by Crippen LogP contribution is -2.27. The minimum Gasteiger partial charge on any atom is -0.457 e. The van der Waals surface area contributed by atoms with Crippen LogP contribution in [0.1, 0.15) is 16.9 Å². The van der Waals surface area contributed by atoms with Crippen LogP contribution in [0.4, 0.5) is 10.5 Å². The summed E-state index contributed by atoms with van der Waals surface area (Å²) in [7, 11) is 0. The van der Waals surface area contributed by atoms with Gasteiger partial charge in [0.2, 0.25) is 0 Å². The predicted octanol–water partition coefficient (Wildman–Crippen LogP) is 6.16. The summed E-state index contributed by atoms with van der Waals surface area (Å²) in [5.41, 5.74) is 2.20. The first-order valence-corrected chi connectivity index (χ1v) is 10.8. The van der Waals surface area contributed by atoms with Gasteiger partial charge in [0, 0.05) is 28.2 Å². The van der Waals surface area contributed by atoms with Crippen molar-refractivity contribution in [3.05, 3.63) is 91.0 Å². The Hall–Kier alpha value is -3.17. The normalized spacial score (nSPS) is 15.2. The molecule has 0 saturated carbocycles. The Bertz CT molecular complexity index is 1250. The summed E-state index contributed by atoms with van der Waals surface area (Å²) in [6.45, 7) is 1.99. The maximum atomic E-state index is 12.8. The Balaban J connectivity index is 1.58. The lowest BCUT2D eigenvalue weighted by Gasteiger charge is -2.13. The summed E-state index contributed by atoms with van der Waals surface area (Å²) in [4.78, 5) is 37.2. The van der Waals surface area contributed by atoms with Crippen LogP contribution in [0.5, 0.6) is 0 Å². The number of furan rings is 1. The number of imide groups is 1. The van der Waals surface area contributed by atoms with Crippen LogP contribution in [-0.2, 0) is 11.3 Å². The highest BCUT2D eigenvalue weighted by atomic mass is 79.9. The second-order valence-corrected chi connectivity index (χ2v) is 8.67. The molecule has 3 aromatic rings. The Morgan fingerprint density at radius 3 is 2.68 bits per heavy atom. The van der Waals surface area contributed by atoms with E-state index >= 15 is 0 Å². The number of carbonyl (C=O) groups is 2. The van der Waals surface area contributed by atoms with Crippen molar-refractivity contribution >= 4 is 50.6 Å². The third-order valence-corrected chi connectivity index (χ3v) is 6.44. The molecule has 4 rings (SSSR count). The molecule has 0 radical (unpaired) electrons. The van der Waals surface area contributed by atoms with E-state index in [0.29, 0.717) is 17.1 Å². The van der Waals surface area contributed by atoms with Crippen molar-refractivity contribution in [2.75, 3.05) is 0 Å². The molecule has 2 aromatic carbocycles. The van der Waals surface area contributed by atoms with Crippen molar-refractivity contribution in [3.63, 3.8) is 0 Å². The van der Waals surface area contributed by atoms with Crippen LogP contribution in [0, 0.1) is 17.0 Å². The molecule has 2 amide bonds. The van der Waals surface area contributed by atoms with Crippen molar-refractivity contribution in [2.24, 2.45) is 0 Å². The molecule has 2 heterocycles. The van der Waals surface area contributed by atoms with E-state index in [1.54, 1.807) is 18.2 Å². The van der Waals surface area contributed by atoms with E-state index in [0.717, 1.165) is 27.4 Å². The van der Waals surface area contributed by atoms with Crippen LogP contribution >= 0.6 is 27.7 Å². The molecule has 1 saturated heterocycles. The van der Waals surface area contributed by atoms with Crippen molar-refractivity contribution in [2.45, 2.75) is 13.5 Å². The fourth-order valence-corrected chi connectivity index (χ4v) is 4.36. The van der Waals surface area contributed by atoms with Gasteiger partial charge in [-0.15, -0.1) is 0 Å². The number of nitro groups is 1. The second-order valence-electron chi connectivity index (χ2n) is 6.82. The number of hydrogen-bond donors (Lipinski definition) is 0. The Morgan fingerprint density at radius 1 is 1.16 bits per heavy atom. The molecule has 1 aromatic heterocycles. The maximum Gasteiger partial charge on any atom is 0.293 e. The van der Waals surface area contributed by atoms with E-state index in [1.807, 2.05) is 31.2 Å². The second kappa shape index (κ2) is 8.52. The zero-order valence-electron chi connectivity index (χ0n) is 16.2. The highest BCUT2D eigenvalue weighted by molar-refractivity contribution is 9.10. The number of halogens is 1. The van der Waals surface area contributed by atoms with Crippen LogP contribution in [0.3, 0.4) is 0 Å². The van der Waals surface area contributed by atoms with Gasteiger partial charge < -0.3 is 4.42 Å². The number of non-ortho nitro benzene ring substituents is 1. The summed E-state index contributed by atoms with van der Waals surface area (Å²) in [6, 6.07) is 15.3. The van der Waals surface area contributed by atoms with Gasteiger partial charge in [0.25, 0.3) is 16.8 Å². The van der Waals surface area contributed by atoms with Gasteiger partial charge in [-0.05, 0) is 48.0 Å². The summed E-state index contributed by atoms with van der Waals surface area (Å²) in [6.07, 6.45) is 1.52. The topological polar surface area (TPSA) is 93.7 Å². The molecule has 0 spiro atoms. The van der Waals surface area contributed by atoms with Gasteiger partial charge in [0.1, 0.15) is 11.5 Å². The first-order chi connectivity index (χ1) is 14.8. The van der Waals surface area contributed by atoms with Gasteiger partial charge in [0.15, 0.2) is 0 Å². The average molecular weight is 499 g/mol. The van der Waals surface area contributed by atoms with Gasteiger partial charge >= 0.3 is 0 Å². The number of rotatable bonds is 5. The molecule has 9 heteroatoms. The largest absolute Gasteiger partial charge is 0.457 e. The highest BCUT2D eigenvalue weighted by Crippen LogP contribution is 2.35. The lowest BCUT2D eigenvalue weighted by atomic mass is 10.1. The Labute approximate surface area is 190 Å². The first kappa shape index (κ1) is 21.1. The number of benzene rings is 2. The molecule has 0 N–H and O–H groups in total. The fourth-order valence-electron chi connectivity index (χ4n) is 3.13. The number of aryl methyl sites for hydroxylation is 1. The van der Waals surface area contributed by atoms with Gasteiger partial charge in [-0.25, -0.2) is 0 Å². The molecule has 31 heavy (non-hydrogen) atoms. The van der Waals surface area contributed by atoms with Crippen LogP contribution in [-0.4, -0.2) is 21.0 Å². The molecule has 1 aliphatic heterocycles. The maximum absolute atomic E-state index is 12.8. The third kappa shape index (κ3) is 4.33. The molecule has 0 bridgehead atoms. The van der Waals surface area contributed by atoms with Crippen molar-refractivity contribution in [1.29, 1.82) is 0 Å². The number of nitro benzene ring substituents is 1. The van der Waals surface area contributed by atoms with E-state index in [-0.39, 0.29) is 22.4 Å². The number of hydrogen-bond acceptors (Lipinski definition) is 6. The van der Waals surface area contributed by atoms with Gasteiger partial charge in [-0.1, -0.05) is 40.2 Å². The molecule has 1 fully saturated rings. The molecule has 0 atom stereocenters. The number of carbonyl (C=O) groups excluding carboxylic acids is 2. The SMILES string of the molecule is Cc1ccc([N+](=O)[O-])cc1-c1ccc(/C=C2\SC(=O)N(Cc3ccccc3Br)C2=O)o1. The molecule has 7 nitrogen and oxygen atoms in total. The summed E-state index contributed by atoms with van der Waals surface area (Å²) in [5.74, 6) is 0.433. The van der Waals surface area contributed by atoms with Gasteiger partial charge in [-0.2, -0.15) is 0 Å². The predicted molar refractivity (Wildman–Crippen MR) is 121 cm³/mol. The van der Waals surface area contributed by atoms with Gasteiger partial charge in [-0.3, -0.25) is 24.6 Å². The van der Waals surface area contributed by atoms with E-state index in [4.69, 9.17) is 4.42 Å². The zero-order valence-corrected chi connectivity index (χ0v) is 18.6. The molecule has 0 aliphatic carbocycles. The summed E-state index contributed by atoms with van der Waals surface area (Å²) >= 11 is 4.28. The van der Waals surface area contributed by atoms with Crippen LogP contribution in [0.25, 0.3) is 17.4 Å². The van der Waals surface area contributed by atoms with E-state index in [1.165, 1.54) is 23.1 Å². The molecular formula is C22H15BrN2O5S. The minimum atomic E-state index is -0.464.